The topological polar surface area (TPSA) is 326 Å². The van der Waals surface area contributed by atoms with E-state index in [1.54, 1.807) is 0 Å². The number of aromatic nitrogens is 1. The molecular weight excluding hydrogens is 834 g/mol. The summed E-state index contributed by atoms with van der Waals surface area (Å²) in [6.07, 6.45) is 0. The number of nitrogens with one attached hydrogen (secondary N) is 2. The lowest BCUT2D eigenvalue weighted by atomic mass is 10.1. The fourth-order valence-electron chi connectivity index (χ4n) is 4.79. The van der Waals surface area contributed by atoms with Gasteiger partial charge in [0.25, 0.3) is 36.0 Å². The van der Waals surface area contributed by atoms with E-state index < -0.39 is 56.4 Å². The van der Waals surface area contributed by atoms with Gasteiger partial charge in [0.05, 0.1) is 32.4 Å². The first-order valence-electron chi connectivity index (χ1n) is 15.3. The van der Waals surface area contributed by atoms with Gasteiger partial charge in [-0.1, -0.05) is 11.6 Å². The molecule has 0 atom stereocenters. The van der Waals surface area contributed by atoms with E-state index in [4.69, 9.17) is 16.3 Å². The summed E-state index contributed by atoms with van der Waals surface area (Å²) in [5, 5.41) is 43.3. The van der Waals surface area contributed by atoms with E-state index >= 15 is 0 Å². The third-order valence-corrected chi connectivity index (χ3v) is 10.5. The number of hydrogen-bond donors (Lipinski definition) is 5. The molecule has 0 bridgehead atoms. The second-order valence-electron chi connectivity index (χ2n) is 11.3. The molecule has 57 heavy (non-hydrogen) atoms. The molecule has 0 aliphatic carbocycles. The van der Waals surface area contributed by atoms with Crippen molar-refractivity contribution in [3.05, 3.63) is 105 Å². The Labute approximate surface area is 327 Å². The predicted octanol–water partition coefficient (Wildman–Crippen LogP) is 7.89. The molecule has 294 valence electrons. The van der Waals surface area contributed by atoms with E-state index in [0.717, 1.165) is 36.4 Å². The maximum absolute atomic E-state index is 11.9. The van der Waals surface area contributed by atoms with Crippen LogP contribution in [-0.2, 0) is 30.4 Å². The molecule has 5 rings (SSSR count). The smallest absolute Gasteiger partial charge is 0.297 e. The minimum atomic E-state index is -4.96. The number of non-ortho nitro benzene ring substituents is 1. The average molecular weight is 858 g/mol. The molecule has 1 aromatic heterocycles. The number of hydrogen-bond acceptors (Lipinski definition) is 17. The summed E-state index contributed by atoms with van der Waals surface area (Å²) in [5.41, 5.74) is -0.497. The first-order valence-corrected chi connectivity index (χ1v) is 20.0. The average Bonchev–Trinajstić information content (AvgIpc) is 3.13. The highest BCUT2D eigenvalue weighted by molar-refractivity contribution is 7.86. The van der Waals surface area contributed by atoms with Crippen LogP contribution in [0.2, 0.25) is 5.02 Å². The Kier molecular flexibility index (Phi) is 11.9. The fourth-order valence-corrected chi connectivity index (χ4v) is 6.59. The molecular formula is C32H24ClN9O12S3. The van der Waals surface area contributed by atoms with Crippen molar-refractivity contribution >= 4 is 93.4 Å². The second-order valence-corrected chi connectivity index (χ2v) is 15.9. The lowest BCUT2D eigenvalue weighted by Crippen LogP contribution is -2.05. The molecule has 25 heteroatoms. The van der Waals surface area contributed by atoms with Crippen molar-refractivity contribution in [3.63, 3.8) is 0 Å². The molecule has 0 fully saturated rings. The number of nitro groups is 1. The van der Waals surface area contributed by atoms with Crippen LogP contribution in [0.25, 0.3) is 0 Å². The molecule has 0 saturated carbocycles. The number of halogens is 1. The number of methoxy groups -OCH3 is 1. The number of pyridine rings is 1. The van der Waals surface area contributed by atoms with Gasteiger partial charge >= 0.3 is 0 Å². The molecule has 0 aliphatic heterocycles. The van der Waals surface area contributed by atoms with Crippen molar-refractivity contribution < 1.29 is 48.6 Å². The highest BCUT2D eigenvalue weighted by atomic mass is 35.5. The summed E-state index contributed by atoms with van der Waals surface area (Å²) >= 11 is 6.45. The summed E-state index contributed by atoms with van der Waals surface area (Å²) in [4.78, 5) is 13.1. The van der Waals surface area contributed by atoms with E-state index in [0.29, 0.717) is 6.07 Å². The molecule has 0 saturated heterocycles. The van der Waals surface area contributed by atoms with Crippen LogP contribution in [0.3, 0.4) is 0 Å². The summed E-state index contributed by atoms with van der Waals surface area (Å²) in [5.74, 6) is -0.0740. The van der Waals surface area contributed by atoms with Gasteiger partial charge in [-0.05, 0) is 67.6 Å². The first-order chi connectivity index (χ1) is 26.7. The van der Waals surface area contributed by atoms with Crippen LogP contribution in [0.4, 0.5) is 51.4 Å². The van der Waals surface area contributed by atoms with Gasteiger partial charge in [-0.15, -0.1) is 20.5 Å². The number of anilines is 4. The van der Waals surface area contributed by atoms with Crippen molar-refractivity contribution in [3.8, 4) is 11.8 Å². The summed E-state index contributed by atoms with van der Waals surface area (Å²) in [6.45, 7) is 1.51. The molecule has 0 amide bonds. The number of ether oxygens (including phenoxy) is 1. The van der Waals surface area contributed by atoms with Gasteiger partial charge in [-0.2, -0.15) is 30.5 Å². The molecule has 0 radical (unpaired) electrons. The summed E-state index contributed by atoms with van der Waals surface area (Å²) in [7, 11) is -12.7. The number of nitro benzene ring substituents is 1. The summed E-state index contributed by atoms with van der Waals surface area (Å²) < 4.78 is 104. The first kappa shape index (κ1) is 41.7. The zero-order valence-electron chi connectivity index (χ0n) is 28.8. The third-order valence-electron chi connectivity index (χ3n) is 7.56. The molecule has 5 N–H and O–H groups in total. The van der Waals surface area contributed by atoms with Crippen LogP contribution in [0.5, 0.6) is 5.75 Å². The fraction of sp³-hybridized carbons (Fsp3) is 0.0625. The van der Waals surface area contributed by atoms with Gasteiger partial charge < -0.3 is 15.4 Å². The van der Waals surface area contributed by atoms with E-state index in [1.165, 1.54) is 50.4 Å². The van der Waals surface area contributed by atoms with Gasteiger partial charge in [-0.3, -0.25) is 23.8 Å². The minimum absolute atomic E-state index is 0.00194. The van der Waals surface area contributed by atoms with Crippen LogP contribution in [-0.4, -0.2) is 55.9 Å². The van der Waals surface area contributed by atoms with E-state index in [1.807, 2.05) is 6.07 Å². The van der Waals surface area contributed by atoms with E-state index in [-0.39, 0.29) is 66.9 Å². The zero-order chi connectivity index (χ0) is 41.9. The Morgan fingerprint density at radius 1 is 0.754 bits per heavy atom. The lowest BCUT2D eigenvalue weighted by molar-refractivity contribution is -0.385. The second kappa shape index (κ2) is 16.3. The Hall–Kier alpha value is -6.46. The highest BCUT2D eigenvalue weighted by Gasteiger charge is 2.22. The SMILES string of the molecule is COc1cc(/N=N/c2ccc([N+](=O)[O-])cc2S(=O)(=O)O)c(Cl)cc1/N=N/c1c(Nc2ccc(S(=O)(=O)O)cc2)nc(Nc2ccc(S(=O)(=O)O)cc2)c(C#N)c1C. The molecule has 5 aromatic rings. The Bertz CT molecular complexity index is 2870. The summed E-state index contributed by atoms with van der Waals surface area (Å²) in [6, 6.07) is 16.7. The van der Waals surface area contributed by atoms with Gasteiger partial charge in [-0.25, -0.2) is 4.98 Å². The Morgan fingerprint density at radius 2 is 1.28 bits per heavy atom. The minimum Gasteiger partial charge on any atom is -0.494 e. The Morgan fingerprint density at radius 3 is 1.77 bits per heavy atom. The standard InChI is InChI=1S/C32H24ClN9O12S3/c1-17-23(16-34)31(35-18-3-8-21(9-4-18)55(45,46)47)37-32(36-19-5-10-22(11-6-19)56(48,49)50)30(17)41-40-27-14-24(33)26(15-28(27)54-2)39-38-25-12-7-20(42(43)44)13-29(25)57(51,52)53/h3-15H,1-2H3,(H2,35,36,37)(H,45,46,47)(H,48,49,50)(H,51,52,53)/b39-38+,41-40+. The maximum atomic E-state index is 11.9. The number of nitriles is 1. The largest absolute Gasteiger partial charge is 0.494 e. The number of rotatable bonds is 13. The van der Waals surface area contributed by atoms with Crippen molar-refractivity contribution in [1.82, 2.24) is 4.98 Å². The normalized spacial score (nSPS) is 12.1. The molecule has 1 heterocycles. The van der Waals surface area contributed by atoms with Crippen LogP contribution in [0, 0.1) is 28.4 Å². The van der Waals surface area contributed by atoms with Crippen LogP contribution < -0.4 is 15.4 Å². The highest BCUT2D eigenvalue weighted by Crippen LogP contribution is 2.42. The van der Waals surface area contributed by atoms with Crippen molar-refractivity contribution in [2.45, 2.75) is 21.6 Å². The molecule has 4 aromatic carbocycles. The van der Waals surface area contributed by atoms with Crippen LogP contribution in [0.15, 0.2) is 114 Å². The number of azo groups is 2. The predicted molar refractivity (Wildman–Crippen MR) is 202 cm³/mol. The van der Waals surface area contributed by atoms with Gasteiger partial charge in [0, 0.05) is 35.1 Å². The van der Waals surface area contributed by atoms with E-state index in [9.17, 15) is 54.3 Å². The monoisotopic (exact) mass is 857 g/mol. The van der Waals surface area contributed by atoms with Gasteiger partial charge in [0.15, 0.2) is 11.6 Å². The quantitative estimate of drug-likeness (QED) is 0.0325. The van der Waals surface area contributed by atoms with Crippen molar-refractivity contribution in [2.75, 3.05) is 17.7 Å². The van der Waals surface area contributed by atoms with Crippen LogP contribution >= 0.6 is 11.6 Å². The number of nitrogens with zero attached hydrogens (tertiary/aromatic N) is 7. The van der Waals surface area contributed by atoms with Crippen molar-refractivity contribution in [2.24, 2.45) is 20.5 Å². The molecule has 0 unspecified atom stereocenters. The zero-order valence-corrected chi connectivity index (χ0v) is 32.0. The third kappa shape index (κ3) is 9.86. The molecule has 0 aliphatic rings. The van der Waals surface area contributed by atoms with Crippen LogP contribution in [0.1, 0.15) is 11.1 Å². The van der Waals surface area contributed by atoms with E-state index in [2.05, 4.69) is 36.1 Å². The lowest BCUT2D eigenvalue weighted by Gasteiger charge is -2.16. The maximum Gasteiger partial charge on any atom is 0.297 e. The molecule has 21 nitrogen and oxygen atoms in total. The Balaban J connectivity index is 1.57. The molecule has 0 spiro atoms. The van der Waals surface area contributed by atoms with Gasteiger partial charge in [0.1, 0.15) is 39.5 Å². The number of benzene rings is 4. The van der Waals surface area contributed by atoms with Crippen molar-refractivity contribution in [1.29, 1.82) is 5.26 Å². The van der Waals surface area contributed by atoms with Gasteiger partial charge in [0.2, 0.25) is 0 Å².